The lowest BCUT2D eigenvalue weighted by Gasteiger charge is -2.46. The first-order valence-electron chi connectivity index (χ1n) is 11.2. The number of benzene rings is 1. The van der Waals surface area contributed by atoms with Crippen LogP contribution in [0.25, 0.3) is 0 Å². The Kier molecular flexibility index (Phi) is 5.80. The van der Waals surface area contributed by atoms with Crippen LogP contribution >= 0.6 is 0 Å². The lowest BCUT2D eigenvalue weighted by atomic mass is 9.59. The van der Waals surface area contributed by atoms with Crippen molar-refractivity contribution < 1.29 is 13.2 Å². The Bertz CT molecular complexity index is 1000. The van der Waals surface area contributed by atoms with Crippen molar-refractivity contribution in [2.75, 3.05) is 0 Å². The van der Waals surface area contributed by atoms with Crippen molar-refractivity contribution in [3.63, 3.8) is 0 Å². The molecule has 2 fully saturated rings. The fraction of sp³-hybridized carbons (Fsp3) is 0.560. The first-order valence-corrected chi connectivity index (χ1v) is 12.8. The van der Waals surface area contributed by atoms with Gasteiger partial charge in [0.1, 0.15) is 0 Å². The summed E-state index contributed by atoms with van der Waals surface area (Å²) in [6.07, 6.45) is 13.3. The summed E-state index contributed by atoms with van der Waals surface area (Å²) in [5.74, 6) is 1.90. The van der Waals surface area contributed by atoms with Crippen LogP contribution in [0.15, 0.2) is 52.0 Å². The van der Waals surface area contributed by atoms with Crippen LogP contribution in [0.2, 0.25) is 0 Å². The number of sulfonamides is 1. The second kappa shape index (κ2) is 8.08. The van der Waals surface area contributed by atoms with Gasteiger partial charge >= 0.3 is 0 Å². The number of ketones is 1. The maximum Gasteiger partial charge on any atom is 0.238 e. The summed E-state index contributed by atoms with van der Waals surface area (Å²) >= 11 is 0. The Hall–Kier alpha value is -1.72. The van der Waals surface area contributed by atoms with Gasteiger partial charge in [-0.15, -0.1) is 0 Å². The number of primary sulfonamides is 1. The van der Waals surface area contributed by atoms with Crippen LogP contribution in [0.1, 0.15) is 70.3 Å². The molecule has 5 rings (SSSR count). The van der Waals surface area contributed by atoms with Crippen molar-refractivity contribution in [2.45, 2.75) is 76.5 Å². The highest BCUT2D eigenvalue weighted by Crippen LogP contribution is 2.58. The number of fused-ring (bicyclic) bond motifs is 4. The maximum atomic E-state index is 11.6. The van der Waals surface area contributed by atoms with Gasteiger partial charge in [-0.2, -0.15) is 0 Å². The predicted molar refractivity (Wildman–Crippen MR) is 119 cm³/mol. The van der Waals surface area contributed by atoms with Gasteiger partial charge < -0.3 is 0 Å². The smallest absolute Gasteiger partial charge is 0.238 e. The average molecular weight is 428 g/mol. The molecule has 5 heteroatoms. The molecule has 1 aromatic rings. The molecule has 1 aromatic carbocycles. The summed E-state index contributed by atoms with van der Waals surface area (Å²) in [5, 5.41) is 4.88. The highest BCUT2D eigenvalue weighted by atomic mass is 32.2. The van der Waals surface area contributed by atoms with Gasteiger partial charge in [-0.05, 0) is 93.7 Å². The summed E-state index contributed by atoms with van der Waals surface area (Å²) in [6, 6.07) is 6.40. The molecule has 0 aromatic heterocycles. The van der Waals surface area contributed by atoms with Crippen LogP contribution in [0.5, 0.6) is 0 Å². The number of hydrogen-bond acceptors (Lipinski definition) is 3. The molecule has 4 nitrogen and oxygen atoms in total. The molecule has 2 N–H and O–H groups in total. The van der Waals surface area contributed by atoms with E-state index in [4.69, 9.17) is 5.14 Å². The lowest BCUT2D eigenvalue weighted by molar-refractivity contribution is -0.115. The van der Waals surface area contributed by atoms with Gasteiger partial charge in [0.05, 0.1) is 4.90 Å². The molecular weight excluding hydrogens is 394 g/mol. The van der Waals surface area contributed by atoms with E-state index in [9.17, 15) is 13.2 Å². The molecule has 0 amide bonds. The Labute approximate surface area is 180 Å². The van der Waals surface area contributed by atoms with E-state index in [-0.39, 0.29) is 4.90 Å². The maximum absolute atomic E-state index is 11.6. The summed E-state index contributed by atoms with van der Waals surface area (Å²) in [6.45, 7) is 4.39. The zero-order chi connectivity index (χ0) is 21.5. The van der Waals surface area contributed by atoms with E-state index in [0.29, 0.717) is 11.2 Å². The third-order valence-electron chi connectivity index (χ3n) is 7.77. The van der Waals surface area contributed by atoms with E-state index in [1.54, 1.807) is 12.1 Å². The van der Waals surface area contributed by atoms with Gasteiger partial charge in [0, 0.05) is 6.42 Å². The van der Waals surface area contributed by atoms with Crippen LogP contribution in [-0.2, 0) is 14.8 Å². The Balaban J connectivity index is 0.000000170. The largest absolute Gasteiger partial charge is 0.295 e. The molecule has 0 spiro atoms. The van der Waals surface area contributed by atoms with E-state index in [0.717, 1.165) is 30.2 Å². The quantitative estimate of drug-likeness (QED) is 0.624. The van der Waals surface area contributed by atoms with Crippen LogP contribution in [0.3, 0.4) is 0 Å². The summed E-state index contributed by atoms with van der Waals surface area (Å²) < 4.78 is 21.4. The lowest BCUT2D eigenvalue weighted by Crippen LogP contribution is -2.34. The first kappa shape index (κ1) is 21.5. The monoisotopic (exact) mass is 427 g/mol. The Morgan fingerprint density at radius 3 is 2.40 bits per heavy atom. The third kappa shape index (κ3) is 4.19. The topological polar surface area (TPSA) is 77.2 Å². The highest BCUT2D eigenvalue weighted by molar-refractivity contribution is 7.89. The third-order valence-corrected chi connectivity index (χ3v) is 8.70. The molecule has 162 valence electrons. The van der Waals surface area contributed by atoms with Crippen molar-refractivity contribution in [1.82, 2.24) is 0 Å². The highest BCUT2D eigenvalue weighted by Gasteiger charge is 2.45. The minimum Gasteiger partial charge on any atom is -0.295 e. The van der Waals surface area contributed by atoms with Gasteiger partial charge in [0.15, 0.2) is 5.78 Å². The van der Waals surface area contributed by atoms with E-state index < -0.39 is 10.0 Å². The van der Waals surface area contributed by atoms with E-state index in [1.807, 2.05) is 24.1 Å². The fourth-order valence-electron chi connectivity index (χ4n) is 6.18. The second-order valence-electron chi connectivity index (χ2n) is 9.75. The number of nitrogens with two attached hydrogens (primary N) is 1. The molecule has 0 saturated heterocycles. The van der Waals surface area contributed by atoms with Crippen molar-refractivity contribution in [1.29, 1.82) is 0 Å². The van der Waals surface area contributed by atoms with Gasteiger partial charge in [-0.1, -0.05) is 41.3 Å². The zero-order valence-corrected chi connectivity index (χ0v) is 18.9. The summed E-state index contributed by atoms with van der Waals surface area (Å²) in [4.78, 5) is 11.8. The summed E-state index contributed by atoms with van der Waals surface area (Å²) in [7, 11) is -3.52. The SMILES string of the molecule is CC12CCCC1=C1CCC3=CC(=O)CCC3C1CC2.Cc1ccc(S(N)(=O)=O)cc1. The number of rotatable bonds is 1. The number of aryl methyl sites for hydroxylation is 1. The zero-order valence-electron chi connectivity index (χ0n) is 18.1. The molecule has 4 aliphatic carbocycles. The van der Waals surface area contributed by atoms with E-state index in [2.05, 4.69) is 6.92 Å². The minimum atomic E-state index is -3.52. The predicted octanol–water partition coefficient (Wildman–Crippen LogP) is 5.22. The van der Waals surface area contributed by atoms with Crippen LogP contribution in [0, 0.1) is 24.2 Å². The molecule has 0 radical (unpaired) electrons. The van der Waals surface area contributed by atoms with Gasteiger partial charge in [-0.25, -0.2) is 13.6 Å². The van der Waals surface area contributed by atoms with Crippen LogP contribution in [0.4, 0.5) is 0 Å². The van der Waals surface area contributed by atoms with Crippen molar-refractivity contribution >= 4 is 15.8 Å². The molecule has 2 saturated carbocycles. The Morgan fingerprint density at radius 2 is 1.70 bits per heavy atom. The molecule has 0 bridgehead atoms. The van der Waals surface area contributed by atoms with Crippen LogP contribution in [-0.4, -0.2) is 14.2 Å². The van der Waals surface area contributed by atoms with Gasteiger partial charge in [0.25, 0.3) is 0 Å². The fourth-order valence-corrected chi connectivity index (χ4v) is 6.69. The number of carbonyl (C=O) groups is 1. The molecule has 0 heterocycles. The van der Waals surface area contributed by atoms with Crippen molar-refractivity contribution in [3.05, 3.63) is 52.6 Å². The molecule has 0 aliphatic heterocycles. The molecule has 3 unspecified atom stereocenters. The second-order valence-corrected chi connectivity index (χ2v) is 11.3. The molecule has 4 aliphatic rings. The van der Waals surface area contributed by atoms with E-state index >= 15 is 0 Å². The number of carbonyl (C=O) groups excluding carboxylic acids is 1. The van der Waals surface area contributed by atoms with Gasteiger partial charge in [0.2, 0.25) is 10.0 Å². The average Bonchev–Trinajstić information content (AvgIpc) is 3.09. The minimum absolute atomic E-state index is 0.156. The number of allylic oxidation sites excluding steroid dienone is 4. The normalized spacial score (nSPS) is 30.5. The summed E-state index contributed by atoms with van der Waals surface area (Å²) in [5.41, 5.74) is 6.74. The Morgan fingerprint density at radius 1 is 0.967 bits per heavy atom. The number of hydrogen-bond donors (Lipinski definition) is 1. The first-order chi connectivity index (χ1) is 14.2. The van der Waals surface area contributed by atoms with Crippen molar-refractivity contribution in [2.24, 2.45) is 22.4 Å². The molecule has 3 atom stereocenters. The van der Waals surface area contributed by atoms with E-state index in [1.165, 1.54) is 62.7 Å². The van der Waals surface area contributed by atoms with Crippen molar-refractivity contribution in [3.8, 4) is 0 Å². The molecule has 30 heavy (non-hydrogen) atoms. The van der Waals surface area contributed by atoms with Gasteiger partial charge in [-0.3, -0.25) is 4.79 Å². The molecular formula is C25H33NO3S. The standard InChI is InChI=1S/C18H24O.C7H9NO2S/c1-18-9-2-3-17(18)16-6-4-12-11-13(19)5-7-14(12)15(16)8-10-18;1-6-2-4-7(5-3-6)11(8,9)10/h11,14-15H,2-10H2,1H3;2-5H,1H3,(H2,8,9,10). The van der Waals surface area contributed by atoms with Crippen LogP contribution < -0.4 is 5.14 Å².